The van der Waals surface area contributed by atoms with Crippen molar-refractivity contribution < 1.29 is 0 Å². The van der Waals surface area contributed by atoms with Gasteiger partial charge in [0.05, 0.1) is 0 Å². The molecule has 23 heavy (non-hydrogen) atoms. The predicted octanol–water partition coefficient (Wildman–Crippen LogP) is -2.09. The highest BCUT2D eigenvalue weighted by atomic mass is 15.0. The molecule has 7 nitrogen and oxygen atoms in total. The lowest BCUT2D eigenvalue weighted by atomic mass is 10.3. The molecule has 2 saturated heterocycles. The predicted molar refractivity (Wildman–Crippen MR) is 99.3 cm³/mol. The summed E-state index contributed by atoms with van der Waals surface area (Å²) in [5.74, 6) is 0. The lowest BCUT2D eigenvalue weighted by Gasteiger charge is -2.10. The monoisotopic (exact) mass is 329 g/mol. The first kappa shape index (κ1) is 20.8. The zero-order chi connectivity index (χ0) is 16.3. The minimum atomic E-state index is 1.09. The van der Waals surface area contributed by atoms with E-state index in [-0.39, 0.29) is 0 Å². The Morgan fingerprint density at radius 1 is 0.217 bits per heavy atom. The Hall–Kier alpha value is -0.280. The van der Waals surface area contributed by atoms with Crippen LogP contribution in [0.4, 0.5) is 0 Å². The van der Waals surface area contributed by atoms with Crippen LogP contribution in [0.25, 0.3) is 0 Å². The molecule has 0 atom stereocenters. The SMILES string of the molecule is C1CNCCNCCCNCCNC1.C1CNCCNCCN1. The summed E-state index contributed by atoms with van der Waals surface area (Å²) in [6.45, 7) is 15.5. The van der Waals surface area contributed by atoms with E-state index < -0.39 is 0 Å². The fourth-order valence-electron chi connectivity index (χ4n) is 2.44. The van der Waals surface area contributed by atoms with Gasteiger partial charge in [0.1, 0.15) is 0 Å². The van der Waals surface area contributed by atoms with Crippen molar-refractivity contribution >= 4 is 0 Å². The molecule has 0 bridgehead atoms. The molecule has 2 aliphatic heterocycles. The lowest BCUT2D eigenvalue weighted by molar-refractivity contribution is 0.530. The molecule has 2 fully saturated rings. The fourth-order valence-corrected chi connectivity index (χ4v) is 2.44. The van der Waals surface area contributed by atoms with Crippen LogP contribution in [0.1, 0.15) is 12.8 Å². The third kappa shape index (κ3) is 16.4. The Morgan fingerprint density at radius 3 is 0.609 bits per heavy atom. The summed E-state index contributed by atoms with van der Waals surface area (Å²) < 4.78 is 0. The fraction of sp³-hybridized carbons (Fsp3) is 1.00. The van der Waals surface area contributed by atoms with E-state index in [1.807, 2.05) is 0 Å². The van der Waals surface area contributed by atoms with Crippen LogP contribution in [-0.2, 0) is 0 Å². The maximum atomic E-state index is 3.42. The molecule has 0 aromatic rings. The van der Waals surface area contributed by atoms with Crippen molar-refractivity contribution in [1.29, 1.82) is 0 Å². The zero-order valence-electron chi connectivity index (χ0n) is 14.8. The average molecular weight is 330 g/mol. The smallest absolute Gasteiger partial charge is 0.00772 e. The Balaban J connectivity index is 0.000000253. The van der Waals surface area contributed by atoms with Crippen LogP contribution in [0.3, 0.4) is 0 Å². The van der Waals surface area contributed by atoms with Gasteiger partial charge in [-0.15, -0.1) is 0 Å². The van der Waals surface area contributed by atoms with Gasteiger partial charge in [-0.3, -0.25) is 0 Å². The molecule has 0 radical (unpaired) electrons. The molecule has 0 aromatic heterocycles. The second kappa shape index (κ2) is 18.1. The largest absolute Gasteiger partial charge is 0.315 e. The van der Waals surface area contributed by atoms with E-state index in [4.69, 9.17) is 0 Å². The Bertz CT molecular complexity index is 147. The molecular formula is C16H39N7. The minimum Gasteiger partial charge on any atom is -0.315 e. The van der Waals surface area contributed by atoms with E-state index in [1.165, 1.54) is 12.8 Å². The summed E-state index contributed by atoms with van der Waals surface area (Å²) in [7, 11) is 0. The summed E-state index contributed by atoms with van der Waals surface area (Å²) in [6.07, 6.45) is 2.44. The quantitative estimate of drug-likeness (QED) is 0.274. The van der Waals surface area contributed by atoms with Crippen LogP contribution in [0.5, 0.6) is 0 Å². The summed E-state index contributed by atoms with van der Waals surface area (Å²) >= 11 is 0. The van der Waals surface area contributed by atoms with Gasteiger partial charge in [0.15, 0.2) is 0 Å². The molecule has 0 aliphatic carbocycles. The van der Waals surface area contributed by atoms with E-state index in [9.17, 15) is 0 Å². The minimum absolute atomic E-state index is 1.09. The average Bonchev–Trinajstić information content (AvgIpc) is 2.73. The highest BCUT2D eigenvalue weighted by molar-refractivity contribution is 4.60. The van der Waals surface area contributed by atoms with Gasteiger partial charge in [-0.1, -0.05) is 0 Å². The molecule has 7 heteroatoms. The van der Waals surface area contributed by atoms with Gasteiger partial charge in [-0.25, -0.2) is 0 Å². The molecule has 0 aromatic carbocycles. The van der Waals surface area contributed by atoms with Gasteiger partial charge in [-0.05, 0) is 39.0 Å². The molecule has 0 unspecified atom stereocenters. The van der Waals surface area contributed by atoms with Crippen LogP contribution in [-0.4, -0.2) is 91.6 Å². The second-order valence-electron chi connectivity index (χ2n) is 5.96. The maximum absolute atomic E-state index is 3.42. The van der Waals surface area contributed by atoms with Gasteiger partial charge in [0.2, 0.25) is 0 Å². The van der Waals surface area contributed by atoms with Crippen molar-refractivity contribution in [1.82, 2.24) is 37.2 Å². The first-order valence-corrected chi connectivity index (χ1v) is 9.45. The van der Waals surface area contributed by atoms with Crippen LogP contribution in [0.2, 0.25) is 0 Å². The van der Waals surface area contributed by atoms with Crippen molar-refractivity contribution in [2.75, 3.05) is 91.6 Å². The third-order valence-electron chi connectivity index (χ3n) is 3.81. The van der Waals surface area contributed by atoms with Crippen molar-refractivity contribution in [3.05, 3.63) is 0 Å². The Morgan fingerprint density at radius 2 is 0.391 bits per heavy atom. The van der Waals surface area contributed by atoms with Crippen molar-refractivity contribution in [2.45, 2.75) is 12.8 Å². The van der Waals surface area contributed by atoms with Crippen molar-refractivity contribution in [3.63, 3.8) is 0 Å². The van der Waals surface area contributed by atoms with Gasteiger partial charge >= 0.3 is 0 Å². The number of rotatable bonds is 0. The van der Waals surface area contributed by atoms with Crippen LogP contribution in [0, 0.1) is 0 Å². The topological polar surface area (TPSA) is 84.2 Å². The maximum Gasteiger partial charge on any atom is 0.00772 e. The summed E-state index contributed by atoms with van der Waals surface area (Å²) in [4.78, 5) is 0. The molecule has 2 rings (SSSR count). The molecule has 7 N–H and O–H groups in total. The molecule has 0 saturated carbocycles. The van der Waals surface area contributed by atoms with E-state index in [1.54, 1.807) is 0 Å². The molecule has 2 heterocycles. The zero-order valence-corrected chi connectivity index (χ0v) is 14.8. The van der Waals surface area contributed by atoms with Crippen molar-refractivity contribution in [2.24, 2.45) is 0 Å². The Kier molecular flexibility index (Phi) is 16.3. The van der Waals surface area contributed by atoms with Crippen LogP contribution in [0.15, 0.2) is 0 Å². The van der Waals surface area contributed by atoms with Gasteiger partial charge in [-0.2, -0.15) is 0 Å². The van der Waals surface area contributed by atoms with Crippen LogP contribution >= 0.6 is 0 Å². The highest BCUT2D eigenvalue weighted by Crippen LogP contribution is 1.76. The highest BCUT2D eigenvalue weighted by Gasteiger charge is 1.93. The second-order valence-corrected chi connectivity index (χ2v) is 5.96. The summed E-state index contributed by atoms with van der Waals surface area (Å²) in [6, 6.07) is 0. The number of hydrogen-bond donors (Lipinski definition) is 7. The van der Waals surface area contributed by atoms with E-state index in [2.05, 4.69) is 37.2 Å². The van der Waals surface area contributed by atoms with E-state index >= 15 is 0 Å². The normalized spacial score (nSPS) is 24.0. The Labute approximate surface area is 142 Å². The van der Waals surface area contributed by atoms with E-state index in [0.29, 0.717) is 0 Å². The molecule has 2 aliphatic rings. The van der Waals surface area contributed by atoms with Gasteiger partial charge in [0, 0.05) is 65.4 Å². The molecular weight excluding hydrogens is 290 g/mol. The molecule has 0 spiro atoms. The third-order valence-corrected chi connectivity index (χ3v) is 3.81. The molecule has 0 amide bonds. The standard InChI is InChI=1S/C10H24N4.C6H15N3/c1-3-11-7-9-13-5-2-6-14-10-8-12-4-1;1-2-8-5-6-9-4-3-7-1/h11-14H,1-10H2;7-9H,1-6H2. The lowest BCUT2D eigenvalue weighted by Crippen LogP contribution is -2.34. The first-order chi connectivity index (χ1) is 11.5. The summed E-state index contributed by atoms with van der Waals surface area (Å²) in [5, 5.41) is 23.6. The van der Waals surface area contributed by atoms with Crippen molar-refractivity contribution in [3.8, 4) is 0 Å². The van der Waals surface area contributed by atoms with Crippen LogP contribution < -0.4 is 37.2 Å². The van der Waals surface area contributed by atoms with Gasteiger partial charge in [0.25, 0.3) is 0 Å². The molecule has 138 valence electrons. The number of hydrogen-bond acceptors (Lipinski definition) is 7. The van der Waals surface area contributed by atoms with Gasteiger partial charge < -0.3 is 37.2 Å². The first-order valence-electron chi connectivity index (χ1n) is 9.45. The number of nitrogens with one attached hydrogen (secondary N) is 7. The van der Waals surface area contributed by atoms with E-state index in [0.717, 1.165) is 91.6 Å². The summed E-state index contributed by atoms with van der Waals surface area (Å²) in [5.41, 5.74) is 0.